The van der Waals surface area contributed by atoms with Gasteiger partial charge in [0.15, 0.2) is 0 Å². The number of pyridine rings is 2. The lowest BCUT2D eigenvalue weighted by Gasteiger charge is -2.32. The number of ether oxygens (including phenoxy) is 1. The van der Waals surface area contributed by atoms with Crippen molar-refractivity contribution in [2.24, 2.45) is 0 Å². The summed E-state index contributed by atoms with van der Waals surface area (Å²) in [5.74, 6) is 0.273. The van der Waals surface area contributed by atoms with Gasteiger partial charge in [-0.3, -0.25) is 20.2 Å². The SMILES string of the molecule is CN(C)CCNC(=O)c1cc(NC(=O)N[C@H]2CC[C@@H](Oc3ccc(=N)n(C=N)c3)c3ccccc32)cc(C(C)(C)C)n1. The maximum Gasteiger partial charge on any atom is 0.319 e. The van der Waals surface area contributed by atoms with Gasteiger partial charge in [-0.05, 0) is 62.3 Å². The van der Waals surface area contributed by atoms with Crippen molar-refractivity contribution in [1.82, 2.24) is 25.1 Å². The molecule has 11 nitrogen and oxygen atoms in total. The van der Waals surface area contributed by atoms with Crippen LogP contribution in [0.15, 0.2) is 54.7 Å². The molecule has 5 N–H and O–H groups in total. The van der Waals surface area contributed by atoms with Gasteiger partial charge in [0.25, 0.3) is 5.91 Å². The number of anilines is 1. The minimum Gasteiger partial charge on any atom is -0.484 e. The largest absolute Gasteiger partial charge is 0.484 e. The van der Waals surface area contributed by atoms with E-state index in [1.165, 1.54) is 4.57 Å². The molecule has 3 amide bonds. The number of urea groups is 1. The van der Waals surface area contributed by atoms with Crippen LogP contribution < -0.4 is 26.2 Å². The summed E-state index contributed by atoms with van der Waals surface area (Å²) in [5.41, 5.74) is 3.24. The summed E-state index contributed by atoms with van der Waals surface area (Å²) in [4.78, 5) is 32.7. The summed E-state index contributed by atoms with van der Waals surface area (Å²) >= 11 is 0. The highest BCUT2D eigenvalue weighted by atomic mass is 16.5. The van der Waals surface area contributed by atoms with Gasteiger partial charge in [-0.1, -0.05) is 45.0 Å². The molecule has 1 aliphatic carbocycles. The number of benzene rings is 1. The molecule has 4 rings (SSSR count). The number of amides is 3. The van der Waals surface area contributed by atoms with Crippen LogP contribution in [-0.4, -0.2) is 59.9 Å². The topological polar surface area (TPSA) is 148 Å². The highest BCUT2D eigenvalue weighted by Gasteiger charge is 2.29. The fourth-order valence-corrected chi connectivity index (χ4v) is 4.77. The lowest BCUT2D eigenvalue weighted by atomic mass is 9.85. The molecule has 0 radical (unpaired) electrons. The van der Waals surface area contributed by atoms with Gasteiger partial charge in [0.2, 0.25) is 0 Å². The molecule has 3 aromatic rings. The van der Waals surface area contributed by atoms with Gasteiger partial charge < -0.3 is 25.6 Å². The summed E-state index contributed by atoms with van der Waals surface area (Å²) < 4.78 is 7.64. The fourth-order valence-electron chi connectivity index (χ4n) is 4.77. The van der Waals surface area contributed by atoms with E-state index in [4.69, 9.17) is 15.6 Å². The van der Waals surface area contributed by atoms with E-state index in [-0.39, 0.29) is 40.7 Å². The number of nitrogens with one attached hydrogen (secondary N) is 5. The second kappa shape index (κ2) is 13.0. The van der Waals surface area contributed by atoms with Crippen LogP contribution in [0.5, 0.6) is 5.75 Å². The van der Waals surface area contributed by atoms with E-state index in [2.05, 4.69) is 20.9 Å². The van der Waals surface area contributed by atoms with Crippen molar-refractivity contribution in [1.29, 1.82) is 10.8 Å². The van der Waals surface area contributed by atoms with Crippen molar-refractivity contribution in [2.45, 2.75) is 51.2 Å². The molecule has 2 aromatic heterocycles. The van der Waals surface area contributed by atoms with Gasteiger partial charge in [0.1, 0.15) is 23.0 Å². The molecule has 1 aliphatic rings. The smallest absolute Gasteiger partial charge is 0.319 e. The quantitative estimate of drug-likeness (QED) is 0.193. The second-order valence-electron chi connectivity index (χ2n) is 11.7. The third kappa shape index (κ3) is 7.61. The van der Waals surface area contributed by atoms with Crippen LogP contribution in [0.1, 0.15) is 73.1 Å². The molecule has 222 valence electrons. The standard InChI is InChI=1S/C31H40N8O3/c1-31(2,3)27-17-20(16-25(36-27)29(40)34-14-15-38(4)5)35-30(41)37-24-11-12-26(23-9-7-6-8-22(23)24)42-21-10-13-28(33)39(18-21)19-32/h6-10,13,16-19,24,26,32-33H,11-12,14-15H2,1-5H3,(H,34,40)(H2,35,36,37,41)/t24-,26+/m0/s1. The maximum atomic E-state index is 13.2. The van der Waals surface area contributed by atoms with Crippen LogP contribution in [0.4, 0.5) is 10.5 Å². The number of carbonyl (C=O) groups is 2. The Labute approximate surface area is 246 Å². The van der Waals surface area contributed by atoms with Gasteiger partial charge in [0, 0.05) is 29.9 Å². The van der Waals surface area contributed by atoms with Crippen LogP contribution >= 0.6 is 0 Å². The van der Waals surface area contributed by atoms with E-state index in [0.29, 0.717) is 43.1 Å². The first-order chi connectivity index (χ1) is 19.9. The lowest BCUT2D eigenvalue weighted by molar-refractivity contribution is 0.0945. The van der Waals surface area contributed by atoms with Gasteiger partial charge >= 0.3 is 6.03 Å². The average Bonchev–Trinajstić information content (AvgIpc) is 2.94. The molecule has 11 heteroatoms. The zero-order chi connectivity index (χ0) is 30.4. The third-order valence-corrected chi connectivity index (χ3v) is 7.04. The molecule has 1 aromatic carbocycles. The van der Waals surface area contributed by atoms with Crippen molar-refractivity contribution in [2.75, 3.05) is 32.5 Å². The molecule has 42 heavy (non-hydrogen) atoms. The van der Waals surface area contributed by atoms with Gasteiger partial charge in [-0.15, -0.1) is 0 Å². The minimum absolute atomic E-state index is 0.192. The summed E-state index contributed by atoms with van der Waals surface area (Å²) in [6, 6.07) is 14.0. The summed E-state index contributed by atoms with van der Waals surface area (Å²) in [6.45, 7) is 7.22. The zero-order valence-electron chi connectivity index (χ0n) is 24.8. The number of hydrogen-bond acceptors (Lipinski definition) is 7. The maximum absolute atomic E-state index is 13.2. The van der Waals surface area contributed by atoms with Crippen molar-refractivity contribution >= 4 is 24.0 Å². The monoisotopic (exact) mass is 572 g/mol. The summed E-state index contributed by atoms with van der Waals surface area (Å²) in [6.07, 6.45) is 3.76. The summed E-state index contributed by atoms with van der Waals surface area (Å²) in [5, 5.41) is 24.3. The molecular formula is C31H40N8O3. The summed E-state index contributed by atoms with van der Waals surface area (Å²) in [7, 11) is 3.88. The van der Waals surface area contributed by atoms with Gasteiger partial charge in [-0.2, -0.15) is 0 Å². The van der Waals surface area contributed by atoms with Crippen LogP contribution in [0, 0.1) is 10.8 Å². The molecule has 0 unspecified atom stereocenters. The molecule has 0 bridgehead atoms. The van der Waals surface area contributed by atoms with E-state index in [9.17, 15) is 9.59 Å². The number of hydrogen-bond donors (Lipinski definition) is 5. The Morgan fingerprint density at radius 1 is 1.12 bits per heavy atom. The first kappa shape index (κ1) is 30.4. The predicted molar refractivity (Wildman–Crippen MR) is 162 cm³/mol. The van der Waals surface area contributed by atoms with Gasteiger partial charge in [0.05, 0.1) is 18.6 Å². The highest BCUT2D eigenvalue weighted by molar-refractivity contribution is 5.95. The van der Waals surface area contributed by atoms with E-state index >= 15 is 0 Å². The Bertz CT molecular complexity index is 1510. The van der Waals surface area contributed by atoms with Crippen LogP contribution in [0.3, 0.4) is 0 Å². The Morgan fingerprint density at radius 3 is 2.55 bits per heavy atom. The van der Waals surface area contributed by atoms with Crippen molar-refractivity contribution in [3.8, 4) is 5.75 Å². The fraction of sp³-hybridized carbons (Fsp3) is 0.387. The molecule has 2 atom stereocenters. The van der Waals surface area contributed by atoms with Crippen LogP contribution in [-0.2, 0) is 5.41 Å². The first-order valence-electron chi connectivity index (χ1n) is 14.0. The van der Waals surface area contributed by atoms with E-state index in [1.807, 2.05) is 64.0 Å². The number of likely N-dealkylation sites (N-methyl/N-ethyl adjacent to an activating group) is 1. The van der Waals surface area contributed by atoms with Crippen molar-refractivity contribution in [3.05, 3.63) is 82.7 Å². The Morgan fingerprint density at radius 2 is 1.86 bits per heavy atom. The Balaban J connectivity index is 1.49. The number of aromatic nitrogens is 2. The third-order valence-electron chi connectivity index (χ3n) is 7.04. The Kier molecular flexibility index (Phi) is 9.41. The van der Waals surface area contributed by atoms with Crippen molar-refractivity contribution in [3.63, 3.8) is 0 Å². The average molecular weight is 573 g/mol. The van der Waals surface area contributed by atoms with E-state index in [0.717, 1.165) is 17.5 Å². The highest BCUT2D eigenvalue weighted by Crippen LogP contribution is 2.38. The van der Waals surface area contributed by atoms with Crippen LogP contribution in [0.2, 0.25) is 0 Å². The molecule has 0 saturated heterocycles. The number of carbonyl (C=O) groups excluding carboxylic acids is 2. The van der Waals surface area contributed by atoms with E-state index in [1.54, 1.807) is 30.5 Å². The predicted octanol–water partition coefficient (Wildman–Crippen LogP) is 4.18. The number of nitrogens with zero attached hydrogens (tertiary/aromatic N) is 3. The Hall–Kier alpha value is -4.51. The molecule has 2 heterocycles. The second-order valence-corrected chi connectivity index (χ2v) is 11.7. The number of rotatable bonds is 9. The number of fused-ring (bicyclic) bond motifs is 1. The molecule has 0 spiro atoms. The molecule has 0 aliphatic heterocycles. The normalized spacial score (nSPS) is 16.3. The van der Waals surface area contributed by atoms with E-state index < -0.39 is 0 Å². The first-order valence-corrected chi connectivity index (χ1v) is 14.0. The molecule has 0 saturated carbocycles. The van der Waals surface area contributed by atoms with Gasteiger partial charge in [-0.25, -0.2) is 9.78 Å². The lowest BCUT2D eigenvalue weighted by Crippen LogP contribution is -2.36. The minimum atomic E-state index is -0.378. The molecular weight excluding hydrogens is 532 g/mol. The van der Waals surface area contributed by atoms with Crippen molar-refractivity contribution < 1.29 is 14.3 Å². The zero-order valence-corrected chi connectivity index (χ0v) is 24.8. The van der Waals surface area contributed by atoms with Crippen LogP contribution in [0.25, 0.3) is 0 Å². The molecule has 0 fully saturated rings.